The monoisotopic (exact) mass is 683 g/mol. The first kappa shape index (κ1) is 36.3. The molecule has 3 unspecified atom stereocenters. The molecular weight excluding hydrogens is 631 g/mol. The molecule has 2 bridgehead atoms. The number of likely N-dealkylation sites (N-methyl/N-ethyl adjacent to an activating group) is 1. The fourth-order valence-corrected chi connectivity index (χ4v) is 8.26. The van der Waals surface area contributed by atoms with Crippen LogP contribution in [0.4, 0.5) is 0 Å². The molecule has 2 aromatic carbocycles. The highest BCUT2D eigenvalue weighted by atomic mass is 15.1. The molecule has 0 amide bonds. The number of hydrogen-bond acceptors (Lipinski definition) is 1. The molecule has 6 rings (SSSR count). The SMILES string of the molecule is C=C/C=C\C=C(/C=C(C(C)C)C(C/C(=C\C)n1c2c(c3ccccc31)C1C(C=C2)c2c(/C=C\C)n1c1ccccc21)C(=C)/C=C\C=CC)C(=C)NC. The van der Waals surface area contributed by atoms with Gasteiger partial charge in [0.25, 0.3) is 0 Å². The van der Waals surface area contributed by atoms with Crippen molar-refractivity contribution < 1.29 is 0 Å². The minimum absolute atomic E-state index is 0.0459. The van der Waals surface area contributed by atoms with E-state index in [1.165, 1.54) is 55.6 Å². The minimum Gasteiger partial charge on any atom is -0.388 e. The van der Waals surface area contributed by atoms with Crippen molar-refractivity contribution in [2.24, 2.45) is 11.8 Å². The van der Waals surface area contributed by atoms with Crippen LogP contribution in [0.1, 0.15) is 75.5 Å². The number of aromatic nitrogens is 2. The lowest BCUT2D eigenvalue weighted by Gasteiger charge is -2.30. The second kappa shape index (κ2) is 15.8. The van der Waals surface area contributed by atoms with Gasteiger partial charge in [-0.2, -0.15) is 0 Å². The van der Waals surface area contributed by atoms with Crippen molar-refractivity contribution in [2.75, 3.05) is 7.05 Å². The van der Waals surface area contributed by atoms with Gasteiger partial charge in [-0.15, -0.1) is 0 Å². The molecule has 52 heavy (non-hydrogen) atoms. The molecular formula is C49H53N3. The van der Waals surface area contributed by atoms with Crippen LogP contribution < -0.4 is 5.32 Å². The maximum atomic E-state index is 4.70. The lowest BCUT2D eigenvalue weighted by atomic mass is 9.80. The first-order valence-corrected chi connectivity index (χ1v) is 18.6. The summed E-state index contributed by atoms with van der Waals surface area (Å²) in [6, 6.07) is 18.1. The second-order valence-corrected chi connectivity index (χ2v) is 13.9. The van der Waals surface area contributed by atoms with Crippen LogP contribution in [0, 0.1) is 11.8 Å². The third-order valence-electron chi connectivity index (χ3n) is 10.6. The molecule has 0 saturated carbocycles. The maximum Gasteiger partial charge on any atom is 0.0723 e. The molecule has 0 saturated heterocycles. The number of benzene rings is 2. The van der Waals surface area contributed by atoms with Crippen LogP contribution in [-0.2, 0) is 0 Å². The normalized spacial score (nSPS) is 18.2. The largest absolute Gasteiger partial charge is 0.388 e. The number of nitrogens with zero attached hydrogens (tertiary/aromatic N) is 2. The van der Waals surface area contributed by atoms with Crippen molar-refractivity contribution in [3.63, 3.8) is 0 Å². The van der Waals surface area contributed by atoms with E-state index < -0.39 is 0 Å². The predicted molar refractivity (Wildman–Crippen MR) is 228 cm³/mol. The Morgan fingerprint density at radius 3 is 2.25 bits per heavy atom. The van der Waals surface area contributed by atoms with Crippen LogP contribution in [0.5, 0.6) is 0 Å². The fourth-order valence-electron chi connectivity index (χ4n) is 8.26. The van der Waals surface area contributed by atoms with E-state index >= 15 is 0 Å². The number of allylic oxidation sites excluding steroid dienone is 15. The Balaban J connectivity index is 1.53. The van der Waals surface area contributed by atoms with E-state index in [1.54, 1.807) is 6.08 Å². The highest BCUT2D eigenvalue weighted by Crippen LogP contribution is 2.56. The van der Waals surface area contributed by atoms with E-state index in [0.29, 0.717) is 5.92 Å². The van der Waals surface area contributed by atoms with Gasteiger partial charge in [-0.3, -0.25) is 0 Å². The van der Waals surface area contributed by atoms with Crippen LogP contribution >= 0.6 is 0 Å². The van der Waals surface area contributed by atoms with Crippen molar-refractivity contribution in [2.45, 2.75) is 53.0 Å². The van der Waals surface area contributed by atoms with Gasteiger partial charge in [-0.25, -0.2) is 0 Å². The number of para-hydroxylation sites is 2. The highest BCUT2D eigenvalue weighted by molar-refractivity contribution is 5.97. The van der Waals surface area contributed by atoms with E-state index in [-0.39, 0.29) is 17.9 Å². The summed E-state index contributed by atoms with van der Waals surface area (Å²) >= 11 is 0. The summed E-state index contributed by atoms with van der Waals surface area (Å²) in [5.41, 5.74) is 13.5. The van der Waals surface area contributed by atoms with Crippen molar-refractivity contribution >= 4 is 39.7 Å². The van der Waals surface area contributed by atoms with E-state index in [0.717, 1.165) is 23.3 Å². The van der Waals surface area contributed by atoms with Crippen LogP contribution in [0.3, 0.4) is 0 Å². The van der Waals surface area contributed by atoms with E-state index in [1.807, 2.05) is 26.1 Å². The van der Waals surface area contributed by atoms with E-state index in [2.05, 4.69) is 171 Å². The summed E-state index contributed by atoms with van der Waals surface area (Å²) in [6.45, 7) is 23.8. The third kappa shape index (κ3) is 6.41. The molecule has 0 radical (unpaired) electrons. The molecule has 1 aliphatic heterocycles. The lowest BCUT2D eigenvalue weighted by Crippen LogP contribution is -2.19. The lowest BCUT2D eigenvalue weighted by molar-refractivity contribution is 0.582. The smallest absolute Gasteiger partial charge is 0.0723 e. The van der Waals surface area contributed by atoms with Crippen molar-refractivity contribution in [3.8, 4) is 0 Å². The Hall–Kier alpha value is -5.54. The van der Waals surface area contributed by atoms with Gasteiger partial charge in [0.15, 0.2) is 0 Å². The summed E-state index contributed by atoms with van der Waals surface area (Å²) in [6.07, 6.45) is 31.0. The van der Waals surface area contributed by atoms with Gasteiger partial charge in [-0.05, 0) is 74.1 Å². The van der Waals surface area contributed by atoms with Crippen molar-refractivity contribution in [1.82, 2.24) is 14.5 Å². The zero-order chi connectivity index (χ0) is 36.9. The highest BCUT2D eigenvalue weighted by Gasteiger charge is 2.43. The van der Waals surface area contributed by atoms with Crippen LogP contribution in [-0.4, -0.2) is 16.2 Å². The average molecular weight is 684 g/mol. The van der Waals surface area contributed by atoms with Gasteiger partial charge in [0.1, 0.15) is 0 Å². The van der Waals surface area contributed by atoms with Crippen LogP contribution in [0.15, 0.2) is 164 Å². The molecule has 3 heteroatoms. The first-order valence-electron chi connectivity index (χ1n) is 18.6. The first-order chi connectivity index (χ1) is 25.3. The third-order valence-corrected chi connectivity index (χ3v) is 10.6. The van der Waals surface area contributed by atoms with Crippen LogP contribution in [0.2, 0.25) is 0 Å². The minimum atomic E-state index is 0.0459. The molecule has 1 aliphatic carbocycles. The molecule has 3 heterocycles. The molecule has 2 aliphatic rings. The molecule has 4 aromatic rings. The molecule has 0 fully saturated rings. The number of rotatable bonds is 14. The average Bonchev–Trinajstić information content (AvgIpc) is 3.78. The van der Waals surface area contributed by atoms with Gasteiger partial charge >= 0.3 is 0 Å². The molecule has 3 nitrogen and oxygen atoms in total. The van der Waals surface area contributed by atoms with E-state index in [4.69, 9.17) is 6.58 Å². The quantitative estimate of drug-likeness (QED) is 0.131. The number of fused-ring (bicyclic) bond motifs is 12. The Bertz CT molecular complexity index is 2280. The van der Waals surface area contributed by atoms with Gasteiger partial charge in [0.2, 0.25) is 0 Å². The molecule has 1 N–H and O–H groups in total. The standard InChI is InChI=1S/C49H53N3/c1-10-14-16-23-34(7)42(41(33(5)6)31-36(35(8)50-9)24-17-15-11-2)32-37(13-4)51-43-27-20-19-26-39(43)48-46(51)30-29-40-47-38-25-18-21-28-44(38)52(49(40)48)45(47)22-12-3/h10-31,33,40,42,49-50H,2,7-8,32H2,1,3-6,9H3/b14-10?,17-15-,22-12-,23-16-,36-24+,37-13+,41-31?. The summed E-state index contributed by atoms with van der Waals surface area (Å²) in [5.74, 6) is 0.605. The Morgan fingerprint density at radius 1 is 0.885 bits per heavy atom. The summed E-state index contributed by atoms with van der Waals surface area (Å²) in [4.78, 5) is 0. The van der Waals surface area contributed by atoms with Gasteiger partial charge in [0, 0.05) is 57.8 Å². The maximum absolute atomic E-state index is 4.70. The Morgan fingerprint density at radius 2 is 1.60 bits per heavy atom. The molecule has 0 spiro atoms. The van der Waals surface area contributed by atoms with Gasteiger partial charge in [-0.1, -0.05) is 148 Å². The number of hydrogen-bond donors (Lipinski definition) is 1. The Labute approximate surface area is 311 Å². The van der Waals surface area contributed by atoms with Crippen molar-refractivity contribution in [3.05, 3.63) is 186 Å². The zero-order valence-electron chi connectivity index (χ0n) is 31.7. The summed E-state index contributed by atoms with van der Waals surface area (Å²) < 4.78 is 5.13. The van der Waals surface area contributed by atoms with E-state index in [9.17, 15) is 0 Å². The van der Waals surface area contributed by atoms with Crippen LogP contribution in [0.25, 0.3) is 39.7 Å². The molecule has 3 atom stereocenters. The van der Waals surface area contributed by atoms with Crippen molar-refractivity contribution in [1.29, 1.82) is 0 Å². The summed E-state index contributed by atoms with van der Waals surface area (Å²) in [5, 5.41) is 5.95. The Kier molecular flexibility index (Phi) is 11.0. The molecule has 2 aromatic heterocycles. The predicted octanol–water partition coefficient (Wildman–Crippen LogP) is 12.9. The van der Waals surface area contributed by atoms with Gasteiger partial charge in [0.05, 0.1) is 17.3 Å². The summed E-state index contributed by atoms with van der Waals surface area (Å²) in [7, 11) is 1.92. The zero-order valence-corrected chi connectivity index (χ0v) is 31.7. The topological polar surface area (TPSA) is 21.9 Å². The van der Waals surface area contributed by atoms with Gasteiger partial charge < -0.3 is 14.5 Å². The molecule has 264 valence electrons. The second-order valence-electron chi connectivity index (χ2n) is 13.9. The fraction of sp³-hybridized carbons (Fsp3) is 0.224. The number of nitrogens with one attached hydrogen (secondary N) is 1.